The van der Waals surface area contributed by atoms with Gasteiger partial charge in [0.1, 0.15) is 5.75 Å². The fourth-order valence-electron chi connectivity index (χ4n) is 4.07. The van der Waals surface area contributed by atoms with Gasteiger partial charge in [0.2, 0.25) is 5.54 Å². The number of hydrogen-bond acceptors (Lipinski definition) is 6. The van der Waals surface area contributed by atoms with Crippen molar-refractivity contribution in [2.24, 2.45) is 10.2 Å². The highest BCUT2D eigenvalue weighted by Crippen LogP contribution is 2.32. The van der Waals surface area contributed by atoms with E-state index in [1.165, 1.54) is 0 Å². The van der Waals surface area contributed by atoms with Gasteiger partial charge in [-0.1, -0.05) is 42.5 Å². The number of rotatable bonds is 10. The van der Waals surface area contributed by atoms with Crippen molar-refractivity contribution in [1.82, 2.24) is 10.3 Å². The normalized spacial score (nSPS) is 16.7. The van der Waals surface area contributed by atoms with Gasteiger partial charge in [0.05, 0.1) is 19.9 Å². The third-order valence-electron chi connectivity index (χ3n) is 6.00. The number of ether oxygens (including phenoxy) is 2. The second-order valence-corrected chi connectivity index (χ2v) is 8.39. The van der Waals surface area contributed by atoms with E-state index >= 15 is 0 Å². The lowest BCUT2D eigenvalue weighted by molar-refractivity contribution is -0.126. The molecule has 2 N–H and O–H groups in total. The molecule has 0 radical (unpaired) electrons. The summed E-state index contributed by atoms with van der Waals surface area (Å²) in [6.45, 7) is 0.415. The molecule has 0 aliphatic carbocycles. The zero-order valence-electron chi connectivity index (χ0n) is 19.8. The summed E-state index contributed by atoms with van der Waals surface area (Å²) in [5, 5.41) is 11.4. The van der Waals surface area contributed by atoms with Crippen LogP contribution in [0.5, 0.6) is 5.75 Å². The number of azo groups is 1. The predicted octanol–water partition coefficient (Wildman–Crippen LogP) is 3.57. The Kier molecular flexibility index (Phi) is 7.52. The van der Waals surface area contributed by atoms with Gasteiger partial charge >= 0.3 is 0 Å². The fraction of sp³-hybridized carbons (Fsp3) is 0.259. The quantitative estimate of drug-likeness (QED) is 0.471. The van der Waals surface area contributed by atoms with Crippen LogP contribution in [0.3, 0.4) is 0 Å². The molecule has 8 nitrogen and oxygen atoms in total. The van der Waals surface area contributed by atoms with Crippen molar-refractivity contribution in [1.29, 1.82) is 0 Å². The highest BCUT2D eigenvalue weighted by molar-refractivity contribution is 5.91. The van der Waals surface area contributed by atoms with Crippen LogP contribution in [-0.4, -0.2) is 37.3 Å². The molecule has 0 saturated carbocycles. The Balaban J connectivity index is 1.45. The monoisotopic (exact) mass is 472 g/mol. The Morgan fingerprint density at radius 2 is 1.77 bits per heavy atom. The van der Waals surface area contributed by atoms with Crippen LogP contribution in [-0.2, 0) is 28.9 Å². The first-order valence-electron chi connectivity index (χ1n) is 11.3. The molecule has 3 aromatic rings. The third kappa shape index (κ3) is 5.55. The van der Waals surface area contributed by atoms with E-state index in [-0.39, 0.29) is 18.1 Å². The summed E-state index contributed by atoms with van der Waals surface area (Å²) < 4.78 is 10.7. The minimum Gasteiger partial charge on any atom is -0.497 e. The molecule has 1 aliphatic rings. The van der Waals surface area contributed by atoms with Gasteiger partial charge in [-0.3, -0.25) is 9.59 Å². The average molecular weight is 473 g/mol. The summed E-state index contributed by atoms with van der Waals surface area (Å²) in [6, 6.07) is 19.1. The van der Waals surface area contributed by atoms with Crippen molar-refractivity contribution in [3.05, 3.63) is 111 Å². The van der Waals surface area contributed by atoms with Crippen LogP contribution in [0.1, 0.15) is 22.3 Å². The van der Waals surface area contributed by atoms with Gasteiger partial charge in [0.25, 0.3) is 11.5 Å². The number of nitrogens with one attached hydrogen (secondary N) is 2. The first kappa shape index (κ1) is 24.1. The number of nitrogens with zero attached hydrogens (tertiary/aromatic N) is 2. The number of aromatic nitrogens is 1. The van der Waals surface area contributed by atoms with E-state index in [1.807, 2.05) is 60.7 Å². The molecule has 0 saturated heterocycles. The topological polar surface area (TPSA) is 105 Å². The molecule has 180 valence electrons. The van der Waals surface area contributed by atoms with Crippen molar-refractivity contribution in [3.63, 3.8) is 0 Å². The summed E-state index contributed by atoms with van der Waals surface area (Å²) in [5.74, 6) is 0.458. The lowest BCUT2D eigenvalue weighted by Crippen LogP contribution is -2.49. The number of methoxy groups -OCH3 is 2. The zero-order valence-corrected chi connectivity index (χ0v) is 19.8. The van der Waals surface area contributed by atoms with E-state index in [1.54, 1.807) is 26.6 Å². The van der Waals surface area contributed by atoms with Crippen LogP contribution < -0.4 is 15.6 Å². The number of carbonyl (C=O) groups excluding carboxylic acids is 1. The largest absolute Gasteiger partial charge is 0.497 e. The maximum absolute atomic E-state index is 13.3. The molecule has 2 heterocycles. The highest BCUT2D eigenvalue weighted by Gasteiger charge is 2.45. The van der Waals surface area contributed by atoms with E-state index in [4.69, 9.17) is 9.47 Å². The number of pyridine rings is 1. The lowest BCUT2D eigenvalue weighted by atomic mass is 9.86. The van der Waals surface area contributed by atoms with Gasteiger partial charge in [-0.2, -0.15) is 10.2 Å². The third-order valence-corrected chi connectivity index (χ3v) is 6.00. The number of amides is 1. The number of aromatic amines is 1. The summed E-state index contributed by atoms with van der Waals surface area (Å²) in [6.07, 6.45) is 4.31. The first-order chi connectivity index (χ1) is 17.0. The van der Waals surface area contributed by atoms with E-state index < -0.39 is 5.54 Å². The molecular formula is C27H28N4O4. The van der Waals surface area contributed by atoms with Crippen LogP contribution in [0.25, 0.3) is 0 Å². The molecule has 1 amide bonds. The molecule has 35 heavy (non-hydrogen) atoms. The highest BCUT2D eigenvalue weighted by atomic mass is 16.5. The van der Waals surface area contributed by atoms with Crippen molar-refractivity contribution in [2.45, 2.75) is 24.9 Å². The maximum Gasteiger partial charge on any atom is 0.256 e. The van der Waals surface area contributed by atoms with Gasteiger partial charge in [-0.25, -0.2) is 0 Å². The summed E-state index contributed by atoms with van der Waals surface area (Å²) >= 11 is 0. The standard InChI is InChI=1S/C27H28N4O4/c1-34-18-27(26(33)29-16-21-5-3-7-24(15-21)35-2)23(17-30-31-27)14-20-10-8-19(9-11-20)13-22-6-4-12-28-25(22)32/h3-12,15,17H,13-14,16,18H2,1-2H3,(H,28,32)(H,29,33). The van der Waals surface area contributed by atoms with Gasteiger partial charge in [-0.05, 0) is 46.9 Å². The summed E-state index contributed by atoms with van der Waals surface area (Å²) in [5.41, 5.74) is 3.12. The van der Waals surface area contributed by atoms with E-state index in [0.29, 0.717) is 24.9 Å². The molecular weight excluding hydrogens is 444 g/mol. The van der Waals surface area contributed by atoms with Crippen LogP contribution in [0.15, 0.2) is 93.7 Å². The molecule has 4 rings (SSSR count). The van der Waals surface area contributed by atoms with Crippen molar-refractivity contribution in [3.8, 4) is 5.75 Å². The van der Waals surface area contributed by atoms with E-state index in [0.717, 1.165) is 28.0 Å². The summed E-state index contributed by atoms with van der Waals surface area (Å²) in [7, 11) is 3.15. The number of benzene rings is 2. The smallest absolute Gasteiger partial charge is 0.256 e. The minimum atomic E-state index is -1.22. The van der Waals surface area contributed by atoms with Crippen LogP contribution >= 0.6 is 0 Å². The molecule has 1 aromatic heterocycles. The Labute approximate surface area is 203 Å². The molecule has 0 bridgehead atoms. The lowest BCUT2D eigenvalue weighted by Gasteiger charge is -2.26. The van der Waals surface area contributed by atoms with Crippen molar-refractivity contribution >= 4 is 5.91 Å². The Morgan fingerprint density at radius 1 is 1.00 bits per heavy atom. The zero-order chi connectivity index (χ0) is 24.7. The second-order valence-electron chi connectivity index (χ2n) is 8.39. The molecule has 1 unspecified atom stereocenters. The Hall–Kier alpha value is -4.04. The summed E-state index contributed by atoms with van der Waals surface area (Å²) in [4.78, 5) is 28.0. The van der Waals surface area contributed by atoms with Crippen LogP contribution in [0, 0.1) is 0 Å². The van der Waals surface area contributed by atoms with Crippen LogP contribution in [0.4, 0.5) is 0 Å². The molecule has 8 heteroatoms. The second kappa shape index (κ2) is 10.9. The van der Waals surface area contributed by atoms with Crippen molar-refractivity contribution in [2.75, 3.05) is 20.8 Å². The average Bonchev–Trinajstić information content (AvgIpc) is 3.28. The van der Waals surface area contributed by atoms with Crippen molar-refractivity contribution < 1.29 is 14.3 Å². The van der Waals surface area contributed by atoms with E-state index in [9.17, 15) is 9.59 Å². The van der Waals surface area contributed by atoms with Gasteiger partial charge in [0.15, 0.2) is 0 Å². The fourth-order valence-corrected chi connectivity index (χ4v) is 4.07. The van der Waals surface area contributed by atoms with Gasteiger partial charge < -0.3 is 19.8 Å². The molecule has 1 atom stereocenters. The Bertz CT molecular complexity index is 1300. The number of hydrogen-bond donors (Lipinski definition) is 2. The maximum atomic E-state index is 13.3. The Morgan fingerprint density at radius 3 is 2.49 bits per heavy atom. The van der Waals surface area contributed by atoms with Gasteiger partial charge in [-0.15, -0.1) is 0 Å². The first-order valence-corrected chi connectivity index (χ1v) is 11.3. The minimum absolute atomic E-state index is 0.0831. The van der Waals surface area contributed by atoms with E-state index in [2.05, 4.69) is 20.5 Å². The number of carbonyl (C=O) groups is 1. The predicted molar refractivity (Wildman–Crippen MR) is 132 cm³/mol. The number of H-pyrrole nitrogens is 1. The van der Waals surface area contributed by atoms with Crippen LogP contribution in [0.2, 0.25) is 0 Å². The molecule has 2 aromatic carbocycles. The molecule has 0 spiro atoms. The molecule has 1 aliphatic heterocycles. The SMILES string of the molecule is COCC1(C(=O)NCc2cccc(OC)c2)N=NC=C1Cc1ccc(Cc2ccc[nH]c2=O)cc1. The molecule has 0 fully saturated rings. The van der Waals surface area contributed by atoms with Gasteiger partial charge in [0, 0.05) is 31.8 Å².